The smallest absolute Gasteiger partial charge is 0.204 e. The molecule has 1 aromatic heterocycles. The fraction of sp³-hybridized carbons (Fsp3) is 0.409. The molecular weight excluding hydrogens is 482 g/mol. The summed E-state index contributed by atoms with van der Waals surface area (Å²) in [4.78, 5) is 4.78. The van der Waals surface area contributed by atoms with Gasteiger partial charge in [-0.3, -0.25) is 0 Å². The lowest BCUT2D eigenvalue weighted by Crippen LogP contribution is -2.08. The number of fused-ring (bicyclic) bond motifs is 1. The number of nitrogens with zero attached hydrogens (tertiary/aromatic N) is 2. The van der Waals surface area contributed by atoms with Crippen LogP contribution in [0, 0.1) is 0 Å². The first-order chi connectivity index (χ1) is 13.6. The fourth-order valence-corrected chi connectivity index (χ4v) is 4.73. The molecule has 1 heterocycles. The molecule has 0 spiro atoms. The SMILES string of the molecule is CCCCCCCCn1c(NCc2cc(Br)cc(Br)c2O)nc2ccccc21. The minimum atomic E-state index is 0.259. The highest BCUT2D eigenvalue weighted by atomic mass is 79.9. The summed E-state index contributed by atoms with van der Waals surface area (Å²) in [6, 6.07) is 12.0. The Labute approximate surface area is 183 Å². The number of hydrogen-bond acceptors (Lipinski definition) is 3. The third-order valence-corrected chi connectivity index (χ3v) is 6.00. The second kappa shape index (κ2) is 10.3. The average Bonchev–Trinajstić information content (AvgIpc) is 3.04. The quantitative estimate of drug-likeness (QED) is 0.284. The lowest BCUT2D eigenvalue weighted by atomic mass is 10.1. The molecule has 6 heteroatoms. The summed E-state index contributed by atoms with van der Waals surface area (Å²) in [5, 5.41) is 13.7. The zero-order valence-electron chi connectivity index (χ0n) is 16.2. The van der Waals surface area contributed by atoms with Gasteiger partial charge in [0.25, 0.3) is 0 Å². The number of rotatable bonds is 10. The minimum absolute atomic E-state index is 0.259. The van der Waals surface area contributed by atoms with Crippen LogP contribution in [0.15, 0.2) is 45.3 Å². The van der Waals surface area contributed by atoms with E-state index >= 15 is 0 Å². The fourth-order valence-electron chi connectivity index (χ4n) is 3.42. The van der Waals surface area contributed by atoms with E-state index in [0.717, 1.165) is 40.0 Å². The van der Waals surface area contributed by atoms with Gasteiger partial charge >= 0.3 is 0 Å². The van der Waals surface area contributed by atoms with E-state index in [1.165, 1.54) is 32.1 Å². The van der Waals surface area contributed by atoms with E-state index in [-0.39, 0.29) is 5.75 Å². The first kappa shape index (κ1) is 21.2. The van der Waals surface area contributed by atoms with Crippen LogP contribution in [0.2, 0.25) is 0 Å². The van der Waals surface area contributed by atoms with Crippen LogP contribution in [-0.4, -0.2) is 14.7 Å². The molecule has 0 aliphatic rings. The van der Waals surface area contributed by atoms with Crippen LogP contribution in [0.5, 0.6) is 5.75 Å². The zero-order valence-corrected chi connectivity index (χ0v) is 19.4. The summed E-state index contributed by atoms with van der Waals surface area (Å²) >= 11 is 6.88. The molecule has 0 saturated carbocycles. The second-order valence-corrected chi connectivity index (χ2v) is 8.86. The highest BCUT2D eigenvalue weighted by molar-refractivity contribution is 9.11. The molecule has 28 heavy (non-hydrogen) atoms. The number of aromatic hydroxyl groups is 1. The van der Waals surface area contributed by atoms with Crippen molar-refractivity contribution in [1.82, 2.24) is 9.55 Å². The van der Waals surface area contributed by atoms with Crippen molar-refractivity contribution >= 4 is 48.8 Å². The molecule has 3 aromatic rings. The van der Waals surface area contributed by atoms with Crippen LogP contribution in [0.4, 0.5) is 5.95 Å². The summed E-state index contributed by atoms with van der Waals surface area (Å²) in [6.45, 7) is 3.70. The summed E-state index contributed by atoms with van der Waals surface area (Å²) in [6.07, 6.45) is 7.61. The van der Waals surface area contributed by atoms with Gasteiger partial charge in [-0.15, -0.1) is 0 Å². The summed E-state index contributed by atoms with van der Waals surface area (Å²) < 4.78 is 3.87. The molecule has 0 atom stereocenters. The lowest BCUT2D eigenvalue weighted by molar-refractivity contribution is 0.465. The molecule has 0 saturated heterocycles. The van der Waals surface area contributed by atoms with E-state index in [2.05, 4.69) is 60.8 Å². The lowest BCUT2D eigenvalue weighted by Gasteiger charge is -2.12. The standard InChI is InChI=1S/C22H27Br2N3O/c1-2-3-4-5-6-9-12-27-20-11-8-7-10-19(20)26-22(27)25-15-16-13-17(23)14-18(24)21(16)28/h7-8,10-11,13-14,28H,2-6,9,12,15H2,1H3,(H,25,26). The van der Waals surface area contributed by atoms with Crippen LogP contribution < -0.4 is 5.32 Å². The molecule has 2 N–H and O–H groups in total. The number of hydrogen-bond donors (Lipinski definition) is 2. The summed E-state index contributed by atoms with van der Waals surface area (Å²) in [5.74, 6) is 1.11. The first-order valence-corrected chi connectivity index (χ1v) is 11.5. The molecule has 3 rings (SSSR count). The Balaban J connectivity index is 1.73. The Kier molecular flexibility index (Phi) is 7.80. The van der Waals surface area contributed by atoms with Crippen LogP contribution in [0.1, 0.15) is 51.0 Å². The second-order valence-electron chi connectivity index (χ2n) is 7.09. The first-order valence-electron chi connectivity index (χ1n) is 9.96. The number of unbranched alkanes of at least 4 members (excludes halogenated alkanes) is 5. The van der Waals surface area contributed by atoms with E-state index < -0.39 is 0 Å². The third-order valence-electron chi connectivity index (χ3n) is 4.93. The Bertz CT molecular complexity index is 924. The van der Waals surface area contributed by atoms with Gasteiger partial charge in [-0.1, -0.05) is 67.1 Å². The normalized spacial score (nSPS) is 11.2. The molecule has 0 fully saturated rings. The van der Waals surface area contributed by atoms with Gasteiger partial charge in [0, 0.05) is 23.1 Å². The molecule has 0 unspecified atom stereocenters. The Morgan fingerprint density at radius 3 is 2.61 bits per heavy atom. The molecule has 150 valence electrons. The van der Waals surface area contributed by atoms with E-state index in [0.29, 0.717) is 11.0 Å². The maximum atomic E-state index is 10.3. The maximum absolute atomic E-state index is 10.3. The zero-order chi connectivity index (χ0) is 19.9. The molecule has 0 amide bonds. The van der Waals surface area contributed by atoms with E-state index in [1.54, 1.807) is 0 Å². The molecule has 0 aliphatic heterocycles. The summed E-state index contributed by atoms with van der Waals surface area (Å²) in [7, 11) is 0. The largest absolute Gasteiger partial charge is 0.506 e. The van der Waals surface area contributed by atoms with E-state index in [1.807, 2.05) is 24.3 Å². The van der Waals surface area contributed by atoms with Crippen LogP contribution >= 0.6 is 31.9 Å². The molecule has 4 nitrogen and oxygen atoms in total. The van der Waals surface area contributed by atoms with Gasteiger partial charge in [0.2, 0.25) is 5.95 Å². The number of benzene rings is 2. The number of aromatic nitrogens is 2. The number of nitrogens with one attached hydrogen (secondary N) is 1. The predicted octanol–water partition coefficient (Wildman–Crippen LogP) is 7.24. The van der Waals surface area contributed by atoms with Crippen molar-refractivity contribution in [2.45, 2.75) is 58.5 Å². The molecule has 0 radical (unpaired) electrons. The van der Waals surface area contributed by atoms with Gasteiger partial charge < -0.3 is 15.0 Å². The number of halogens is 2. The van der Waals surface area contributed by atoms with E-state index in [4.69, 9.17) is 4.98 Å². The van der Waals surface area contributed by atoms with Crippen molar-refractivity contribution < 1.29 is 5.11 Å². The number of imidazole rings is 1. The topological polar surface area (TPSA) is 50.1 Å². The van der Waals surface area contributed by atoms with Crippen LogP contribution in [0.25, 0.3) is 11.0 Å². The van der Waals surface area contributed by atoms with E-state index in [9.17, 15) is 5.11 Å². The number of aryl methyl sites for hydroxylation is 1. The van der Waals surface area contributed by atoms with Crippen molar-refractivity contribution in [2.24, 2.45) is 0 Å². The van der Waals surface area contributed by atoms with Crippen LogP contribution in [0.3, 0.4) is 0 Å². The van der Waals surface area contributed by atoms with Gasteiger partial charge in [-0.2, -0.15) is 0 Å². The third kappa shape index (κ3) is 5.29. The minimum Gasteiger partial charge on any atom is -0.506 e. The van der Waals surface area contributed by atoms with Gasteiger partial charge in [0.05, 0.1) is 15.5 Å². The Hall–Kier alpha value is -1.53. The van der Waals surface area contributed by atoms with Crippen molar-refractivity contribution in [3.8, 4) is 5.75 Å². The van der Waals surface area contributed by atoms with Crippen molar-refractivity contribution in [3.63, 3.8) is 0 Å². The predicted molar refractivity (Wildman–Crippen MR) is 124 cm³/mol. The molecule has 2 aromatic carbocycles. The molecular formula is C22H27Br2N3O. The van der Waals surface area contributed by atoms with Crippen molar-refractivity contribution in [2.75, 3.05) is 5.32 Å². The number of para-hydroxylation sites is 2. The Morgan fingerprint density at radius 2 is 1.79 bits per heavy atom. The number of anilines is 1. The summed E-state index contributed by atoms with van der Waals surface area (Å²) in [5.41, 5.74) is 2.97. The highest BCUT2D eigenvalue weighted by Gasteiger charge is 2.12. The highest BCUT2D eigenvalue weighted by Crippen LogP contribution is 2.32. The molecule has 0 bridgehead atoms. The van der Waals surface area contributed by atoms with Crippen molar-refractivity contribution in [3.05, 3.63) is 50.9 Å². The Morgan fingerprint density at radius 1 is 1.04 bits per heavy atom. The monoisotopic (exact) mass is 507 g/mol. The van der Waals surface area contributed by atoms with Gasteiger partial charge in [0.15, 0.2) is 0 Å². The number of phenols is 1. The average molecular weight is 509 g/mol. The van der Waals surface area contributed by atoms with Gasteiger partial charge in [0.1, 0.15) is 5.75 Å². The number of phenolic OH excluding ortho intramolecular Hbond substituents is 1. The van der Waals surface area contributed by atoms with Crippen LogP contribution in [-0.2, 0) is 13.1 Å². The maximum Gasteiger partial charge on any atom is 0.204 e. The van der Waals surface area contributed by atoms with Crippen molar-refractivity contribution in [1.29, 1.82) is 0 Å². The van der Waals surface area contributed by atoms with Gasteiger partial charge in [-0.25, -0.2) is 4.98 Å². The molecule has 0 aliphatic carbocycles. The van der Waals surface area contributed by atoms with Gasteiger partial charge in [-0.05, 0) is 46.6 Å².